The zero-order valence-corrected chi connectivity index (χ0v) is 24.4. The van der Waals surface area contributed by atoms with Gasteiger partial charge >= 0.3 is 0 Å². The molecule has 214 valence electrons. The molecule has 40 heavy (non-hydrogen) atoms. The largest absolute Gasteiger partial charge is 0.493 e. The van der Waals surface area contributed by atoms with Crippen LogP contribution in [0, 0.1) is 6.92 Å². The van der Waals surface area contributed by atoms with Crippen LogP contribution in [0.3, 0.4) is 0 Å². The van der Waals surface area contributed by atoms with E-state index in [1.165, 1.54) is 25.2 Å². The van der Waals surface area contributed by atoms with Crippen molar-refractivity contribution in [2.75, 3.05) is 37.9 Å². The summed E-state index contributed by atoms with van der Waals surface area (Å²) in [5.74, 6) is -0.0927. The van der Waals surface area contributed by atoms with E-state index in [1.54, 1.807) is 12.1 Å². The molecule has 0 radical (unpaired) electrons. The number of sulfonamides is 1. The van der Waals surface area contributed by atoms with Crippen molar-refractivity contribution in [1.29, 1.82) is 0 Å². The minimum Gasteiger partial charge on any atom is -0.493 e. The van der Waals surface area contributed by atoms with E-state index in [0.717, 1.165) is 27.3 Å². The van der Waals surface area contributed by atoms with Gasteiger partial charge < -0.3 is 19.7 Å². The fourth-order valence-corrected chi connectivity index (χ4v) is 5.17. The Morgan fingerprint density at radius 1 is 0.900 bits per heavy atom. The molecule has 0 aromatic heterocycles. The Balaban J connectivity index is 2.05. The van der Waals surface area contributed by atoms with Crippen molar-refractivity contribution >= 4 is 27.5 Å². The smallest absolute Gasteiger partial charge is 0.244 e. The number of aryl methyl sites for hydroxylation is 1. The van der Waals surface area contributed by atoms with E-state index in [-0.39, 0.29) is 24.6 Å². The Bertz CT molecular complexity index is 1390. The summed E-state index contributed by atoms with van der Waals surface area (Å²) in [4.78, 5) is 28.9. The number of anilines is 1. The molecule has 3 aromatic carbocycles. The number of rotatable bonds is 13. The minimum absolute atomic E-state index is 0.122. The number of methoxy groups -OCH3 is 2. The number of carbonyl (C=O) groups is 2. The number of ether oxygens (including phenoxy) is 2. The van der Waals surface area contributed by atoms with Crippen molar-refractivity contribution in [2.45, 2.75) is 32.9 Å². The number of hydrogen-bond acceptors (Lipinski definition) is 6. The van der Waals surface area contributed by atoms with Gasteiger partial charge in [0.05, 0.1) is 26.2 Å². The Hall–Kier alpha value is -4.05. The molecule has 0 fully saturated rings. The van der Waals surface area contributed by atoms with Crippen molar-refractivity contribution in [3.63, 3.8) is 0 Å². The van der Waals surface area contributed by atoms with Crippen LogP contribution in [0.25, 0.3) is 0 Å². The normalized spacial score (nSPS) is 11.8. The molecular formula is C30H37N3O6S. The van der Waals surface area contributed by atoms with Crippen molar-refractivity contribution < 1.29 is 27.5 Å². The second kappa shape index (κ2) is 13.8. The summed E-state index contributed by atoms with van der Waals surface area (Å²) >= 11 is 0. The summed E-state index contributed by atoms with van der Waals surface area (Å²) in [7, 11) is -0.971. The molecule has 9 nitrogen and oxygen atoms in total. The summed E-state index contributed by atoms with van der Waals surface area (Å²) < 4.78 is 37.5. The molecule has 0 aliphatic carbocycles. The topological polar surface area (TPSA) is 105 Å². The van der Waals surface area contributed by atoms with Gasteiger partial charge in [0.2, 0.25) is 21.8 Å². The maximum absolute atomic E-state index is 14.0. The number of likely N-dealkylation sites (N-methyl/N-ethyl adjacent to an activating group) is 1. The Kier molecular flexibility index (Phi) is 10.6. The molecule has 3 aromatic rings. The van der Waals surface area contributed by atoms with Gasteiger partial charge in [0, 0.05) is 25.6 Å². The monoisotopic (exact) mass is 567 g/mol. The van der Waals surface area contributed by atoms with E-state index in [4.69, 9.17) is 9.47 Å². The van der Waals surface area contributed by atoms with E-state index in [1.807, 2.05) is 68.4 Å². The molecule has 0 bridgehead atoms. The number of hydrogen-bond donors (Lipinski definition) is 1. The summed E-state index contributed by atoms with van der Waals surface area (Å²) in [6.45, 7) is 3.78. The summed E-state index contributed by atoms with van der Waals surface area (Å²) in [6, 6.07) is 20.8. The van der Waals surface area contributed by atoms with Crippen LogP contribution in [-0.2, 0) is 32.6 Å². The predicted molar refractivity (Wildman–Crippen MR) is 156 cm³/mol. The van der Waals surface area contributed by atoms with Gasteiger partial charge in [-0.1, -0.05) is 60.2 Å². The van der Waals surface area contributed by atoms with Crippen LogP contribution in [0.1, 0.15) is 23.6 Å². The standard InChI is InChI=1S/C30H37N3O6S/c1-6-31-30(35)26(18-23-10-8-7-9-11-23)32(20-24-14-12-22(2)13-15-24)29(34)21-33(40(5,36)37)25-16-17-27(38-3)28(19-25)39-4/h7-17,19,26H,6,18,20-21H2,1-5H3,(H,31,35)/t26-/m1/s1. The van der Waals surface area contributed by atoms with Crippen LogP contribution in [0.15, 0.2) is 72.8 Å². The van der Waals surface area contributed by atoms with E-state index in [0.29, 0.717) is 18.0 Å². The zero-order chi connectivity index (χ0) is 29.3. The van der Waals surface area contributed by atoms with E-state index >= 15 is 0 Å². The third-order valence-electron chi connectivity index (χ3n) is 6.43. The van der Waals surface area contributed by atoms with Crippen molar-refractivity contribution in [3.8, 4) is 11.5 Å². The molecule has 0 unspecified atom stereocenters. The van der Waals surface area contributed by atoms with Gasteiger partial charge in [0.15, 0.2) is 11.5 Å². The van der Waals surface area contributed by atoms with Crippen molar-refractivity contribution in [3.05, 3.63) is 89.5 Å². The van der Waals surface area contributed by atoms with Gasteiger partial charge in [-0.15, -0.1) is 0 Å². The van der Waals surface area contributed by atoms with Crippen molar-refractivity contribution in [1.82, 2.24) is 10.2 Å². The lowest BCUT2D eigenvalue weighted by Crippen LogP contribution is -2.53. The maximum Gasteiger partial charge on any atom is 0.244 e. The Morgan fingerprint density at radius 2 is 1.55 bits per heavy atom. The van der Waals surface area contributed by atoms with Gasteiger partial charge in [-0.05, 0) is 37.1 Å². The average Bonchev–Trinajstić information content (AvgIpc) is 2.94. The molecule has 0 heterocycles. The van der Waals surface area contributed by atoms with Crippen LogP contribution < -0.4 is 19.1 Å². The Morgan fingerprint density at radius 3 is 2.12 bits per heavy atom. The lowest BCUT2D eigenvalue weighted by atomic mass is 10.0. The Labute approximate surface area is 236 Å². The van der Waals surface area contributed by atoms with Crippen LogP contribution in [0.5, 0.6) is 11.5 Å². The molecule has 3 rings (SSSR count). The highest BCUT2D eigenvalue weighted by molar-refractivity contribution is 7.92. The summed E-state index contributed by atoms with van der Waals surface area (Å²) in [5.41, 5.74) is 2.99. The summed E-state index contributed by atoms with van der Waals surface area (Å²) in [5, 5.41) is 2.84. The lowest BCUT2D eigenvalue weighted by molar-refractivity contribution is -0.140. The first-order valence-corrected chi connectivity index (χ1v) is 14.8. The van der Waals surface area contributed by atoms with Crippen LogP contribution in [0.4, 0.5) is 5.69 Å². The second-order valence-electron chi connectivity index (χ2n) is 9.42. The number of benzene rings is 3. The fourth-order valence-electron chi connectivity index (χ4n) is 4.33. The molecule has 10 heteroatoms. The number of nitrogens with zero attached hydrogens (tertiary/aromatic N) is 2. The van der Waals surface area contributed by atoms with Crippen molar-refractivity contribution in [2.24, 2.45) is 0 Å². The summed E-state index contributed by atoms with van der Waals surface area (Å²) in [6.07, 6.45) is 1.30. The molecule has 0 saturated heterocycles. The minimum atomic E-state index is -3.90. The second-order valence-corrected chi connectivity index (χ2v) is 11.3. The fraction of sp³-hybridized carbons (Fsp3) is 0.333. The molecule has 0 aliphatic heterocycles. The first kappa shape index (κ1) is 30.5. The third kappa shape index (κ3) is 7.98. The first-order valence-electron chi connectivity index (χ1n) is 12.9. The van der Waals surface area contributed by atoms with Gasteiger partial charge in [-0.2, -0.15) is 0 Å². The molecule has 0 saturated carbocycles. The van der Waals surface area contributed by atoms with Crippen LogP contribution >= 0.6 is 0 Å². The van der Waals surface area contributed by atoms with E-state index in [2.05, 4.69) is 5.32 Å². The highest BCUT2D eigenvalue weighted by atomic mass is 32.2. The van der Waals surface area contributed by atoms with Gasteiger partial charge in [0.1, 0.15) is 12.6 Å². The molecule has 1 atom stereocenters. The molecule has 1 N–H and O–H groups in total. The van der Waals surface area contributed by atoms with E-state index in [9.17, 15) is 18.0 Å². The molecule has 2 amide bonds. The van der Waals surface area contributed by atoms with E-state index < -0.39 is 28.5 Å². The lowest BCUT2D eigenvalue weighted by Gasteiger charge is -2.33. The quantitative estimate of drug-likeness (QED) is 0.339. The van der Waals surface area contributed by atoms with Gasteiger partial charge in [-0.3, -0.25) is 13.9 Å². The number of amides is 2. The molecule has 0 spiro atoms. The predicted octanol–water partition coefficient (Wildman–Crippen LogP) is 3.55. The highest BCUT2D eigenvalue weighted by Crippen LogP contribution is 2.32. The van der Waals surface area contributed by atoms with Gasteiger partial charge in [-0.25, -0.2) is 8.42 Å². The number of nitrogens with one attached hydrogen (secondary N) is 1. The third-order valence-corrected chi connectivity index (χ3v) is 7.57. The van der Waals surface area contributed by atoms with Gasteiger partial charge in [0.25, 0.3) is 0 Å². The molecular weight excluding hydrogens is 530 g/mol. The molecule has 0 aliphatic rings. The highest BCUT2D eigenvalue weighted by Gasteiger charge is 2.33. The zero-order valence-electron chi connectivity index (χ0n) is 23.6. The maximum atomic E-state index is 14.0. The first-order chi connectivity index (χ1) is 19.1. The number of carbonyl (C=O) groups excluding carboxylic acids is 2. The SMILES string of the molecule is CCNC(=O)[C@@H](Cc1ccccc1)N(Cc1ccc(C)cc1)C(=O)CN(c1ccc(OC)c(OC)c1)S(C)(=O)=O. The average molecular weight is 568 g/mol. The van der Waals surface area contributed by atoms with Crippen LogP contribution in [-0.4, -0.2) is 64.7 Å². The van der Waals surface area contributed by atoms with Crippen LogP contribution in [0.2, 0.25) is 0 Å².